The molecule has 7 heteroatoms. The SMILES string of the molecule is CC(C)(C#Cc1ccc(-c2nc3ncnc(N)c3[nH]2)cc1)CC(=O)O. The number of H-pyrrole nitrogens is 1. The van der Waals surface area contributed by atoms with Gasteiger partial charge in [-0.2, -0.15) is 0 Å². The Morgan fingerprint density at radius 3 is 2.64 bits per heavy atom. The number of carbonyl (C=O) groups is 1. The molecule has 0 spiro atoms. The third kappa shape index (κ3) is 3.75. The highest BCUT2D eigenvalue weighted by Crippen LogP contribution is 2.22. The van der Waals surface area contributed by atoms with E-state index in [9.17, 15) is 4.79 Å². The number of aromatic nitrogens is 4. The first-order valence-corrected chi connectivity index (χ1v) is 7.66. The highest BCUT2D eigenvalue weighted by atomic mass is 16.4. The fraction of sp³-hybridized carbons (Fsp3) is 0.222. The Balaban J connectivity index is 1.85. The van der Waals surface area contributed by atoms with Gasteiger partial charge in [0.05, 0.1) is 6.42 Å². The van der Waals surface area contributed by atoms with E-state index < -0.39 is 11.4 Å². The fourth-order valence-electron chi connectivity index (χ4n) is 2.36. The Hall–Kier alpha value is -3.40. The molecule has 0 aliphatic rings. The van der Waals surface area contributed by atoms with Gasteiger partial charge in [-0.3, -0.25) is 4.79 Å². The van der Waals surface area contributed by atoms with E-state index in [0.717, 1.165) is 11.1 Å². The third-order valence-electron chi connectivity index (χ3n) is 3.61. The summed E-state index contributed by atoms with van der Waals surface area (Å²) in [7, 11) is 0. The van der Waals surface area contributed by atoms with Crippen LogP contribution in [0.2, 0.25) is 0 Å². The molecule has 3 aromatic rings. The Morgan fingerprint density at radius 1 is 1.28 bits per heavy atom. The van der Waals surface area contributed by atoms with E-state index in [0.29, 0.717) is 22.8 Å². The lowest BCUT2D eigenvalue weighted by Gasteiger charge is -2.13. The minimum atomic E-state index is -0.859. The summed E-state index contributed by atoms with van der Waals surface area (Å²) in [5, 5.41) is 8.89. The van der Waals surface area contributed by atoms with Crippen molar-refractivity contribution in [2.75, 3.05) is 5.73 Å². The number of carboxylic acids is 1. The summed E-state index contributed by atoms with van der Waals surface area (Å²) in [6.07, 6.45) is 1.37. The normalized spacial score (nSPS) is 11.1. The van der Waals surface area contributed by atoms with Crippen molar-refractivity contribution in [3.8, 4) is 23.2 Å². The topological polar surface area (TPSA) is 118 Å². The molecule has 0 aliphatic heterocycles. The van der Waals surface area contributed by atoms with Crippen LogP contribution in [0.5, 0.6) is 0 Å². The molecule has 4 N–H and O–H groups in total. The number of nitrogens with one attached hydrogen (secondary N) is 1. The smallest absolute Gasteiger partial charge is 0.304 e. The van der Waals surface area contributed by atoms with Gasteiger partial charge in [0.2, 0.25) is 0 Å². The fourth-order valence-corrected chi connectivity index (χ4v) is 2.36. The number of imidazole rings is 1. The number of nitrogen functional groups attached to an aromatic ring is 1. The lowest BCUT2D eigenvalue weighted by atomic mass is 9.90. The molecular formula is C18H17N5O2. The van der Waals surface area contributed by atoms with E-state index in [1.165, 1.54) is 6.33 Å². The predicted octanol–water partition coefficient (Wildman–Crippen LogP) is 2.45. The summed E-state index contributed by atoms with van der Waals surface area (Å²) in [4.78, 5) is 26.4. The average Bonchev–Trinajstić information content (AvgIpc) is 2.98. The van der Waals surface area contributed by atoms with Gasteiger partial charge in [-0.1, -0.05) is 24.0 Å². The van der Waals surface area contributed by atoms with Crippen LogP contribution in [0.15, 0.2) is 30.6 Å². The summed E-state index contributed by atoms with van der Waals surface area (Å²) in [5.41, 5.74) is 8.02. The molecule has 0 saturated heterocycles. The number of benzene rings is 1. The maximum Gasteiger partial charge on any atom is 0.304 e. The third-order valence-corrected chi connectivity index (χ3v) is 3.61. The van der Waals surface area contributed by atoms with Crippen molar-refractivity contribution in [2.45, 2.75) is 20.3 Å². The maximum absolute atomic E-state index is 10.8. The van der Waals surface area contributed by atoms with Crippen molar-refractivity contribution in [1.82, 2.24) is 19.9 Å². The van der Waals surface area contributed by atoms with Gasteiger partial charge in [-0.25, -0.2) is 15.0 Å². The van der Waals surface area contributed by atoms with E-state index in [1.54, 1.807) is 0 Å². The van der Waals surface area contributed by atoms with Gasteiger partial charge in [-0.05, 0) is 26.0 Å². The van der Waals surface area contributed by atoms with Crippen LogP contribution in [-0.2, 0) is 4.79 Å². The van der Waals surface area contributed by atoms with Crippen LogP contribution in [0.25, 0.3) is 22.6 Å². The molecule has 0 saturated carbocycles. The van der Waals surface area contributed by atoms with E-state index in [1.807, 2.05) is 38.1 Å². The number of aromatic amines is 1. The zero-order valence-electron chi connectivity index (χ0n) is 13.9. The Bertz CT molecular complexity index is 994. The molecule has 0 atom stereocenters. The molecule has 2 aromatic heterocycles. The van der Waals surface area contributed by atoms with Gasteiger partial charge in [0.1, 0.15) is 17.7 Å². The zero-order chi connectivity index (χ0) is 18.0. The van der Waals surface area contributed by atoms with Crippen LogP contribution < -0.4 is 5.73 Å². The van der Waals surface area contributed by atoms with Crippen LogP contribution in [0.4, 0.5) is 5.82 Å². The number of hydrogen-bond acceptors (Lipinski definition) is 5. The van der Waals surface area contributed by atoms with E-state index in [4.69, 9.17) is 10.8 Å². The van der Waals surface area contributed by atoms with E-state index >= 15 is 0 Å². The van der Waals surface area contributed by atoms with Crippen LogP contribution >= 0.6 is 0 Å². The number of nitrogens with zero attached hydrogens (tertiary/aromatic N) is 3. The minimum Gasteiger partial charge on any atom is -0.481 e. The van der Waals surface area contributed by atoms with Crippen molar-refractivity contribution in [1.29, 1.82) is 0 Å². The molecule has 0 amide bonds. The second-order valence-corrected chi connectivity index (χ2v) is 6.32. The summed E-state index contributed by atoms with van der Waals surface area (Å²) in [6.45, 7) is 3.62. The summed E-state index contributed by atoms with van der Waals surface area (Å²) >= 11 is 0. The highest BCUT2D eigenvalue weighted by Gasteiger charge is 2.18. The second-order valence-electron chi connectivity index (χ2n) is 6.32. The van der Waals surface area contributed by atoms with Gasteiger partial charge in [-0.15, -0.1) is 0 Å². The molecule has 0 radical (unpaired) electrons. The lowest BCUT2D eigenvalue weighted by Crippen LogP contribution is -2.14. The number of aliphatic carboxylic acids is 1. The molecule has 2 heterocycles. The molecule has 0 unspecified atom stereocenters. The van der Waals surface area contributed by atoms with Crippen molar-refractivity contribution in [3.05, 3.63) is 36.2 Å². The first kappa shape index (κ1) is 16.5. The van der Waals surface area contributed by atoms with Crippen LogP contribution in [0, 0.1) is 17.3 Å². The van der Waals surface area contributed by atoms with Crippen LogP contribution in [-0.4, -0.2) is 31.0 Å². The van der Waals surface area contributed by atoms with Crippen molar-refractivity contribution >= 4 is 23.0 Å². The molecular weight excluding hydrogens is 318 g/mol. The summed E-state index contributed by atoms with van der Waals surface area (Å²) in [6, 6.07) is 7.49. The van der Waals surface area contributed by atoms with E-state index in [2.05, 4.69) is 31.8 Å². The number of hydrogen-bond donors (Lipinski definition) is 3. The van der Waals surface area contributed by atoms with Crippen molar-refractivity contribution in [2.24, 2.45) is 5.41 Å². The highest BCUT2D eigenvalue weighted by molar-refractivity contribution is 5.84. The maximum atomic E-state index is 10.8. The van der Waals surface area contributed by atoms with Gasteiger partial charge in [0.25, 0.3) is 0 Å². The van der Waals surface area contributed by atoms with Crippen molar-refractivity contribution < 1.29 is 9.90 Å². The molecule has 0 bridgehead atoms. The average molecular weight is 335 g/mol. The monoisotopic (exact) mass is 335 g/mol. The molecule has 0 aliphatic carbocycles. The molecule has 25 heavy (non-hydrogen) atoms. The number of nitrogens with two attached hydrogens (primary N) is 1. The van der Waals surface area contributed by atoms with Crippen molar-refractivity contribution in [3.63, 3.8) is 0 Å². The largest absolute Gasteiger partial charge is 0.481 e. The van der Waals surface area contributed by atoms with Gasteiger partial charge < -0.3 is 15.8 Å². The molecule has 1 aromatic carbocycles. The molecule has 126 valence electrons. The van der Waals surface area contributed by atoms with Crippen LogP contribution in [0.3, 0.4) is 0 Å². The Morgan fingerprint density at radius 2 is 2.00 bits per heavy atom. The number of anilines is 1. The predicted molar refractivity (Wildman–Crippen MR) is 94.4 cm³/mol. The molecule has 0 fully saturated rings. The lowest BCUT2D eigenvalue weighted by molar-refractivity contribution is -0.138. The number of fused-ring (bicyclic) bond motifs is 1. The van der Waals surface area contributed by atoms with Gasteiger partial charge in [0.15, 0.2) is 11.5 Å². The number of rotatable bonds is 3. The Labute approximate surface area is 144 Å². The minimum absolute atomic E-state index is 0.000471. The van der Waals surface area contributed by atoms with Gasteiger partial charge >= 0.3 is 5.97 Å². The van der Waals surface area contributed by atoms with E-state index in [-0.39, 0.29) is 6.42 Å². The Kier molecular flexibility index (Phi) is 4.11. The summed E-state index contributed by atoms with van der Waals surface area (Å²) in [5.74, 6) is 6.16. The number of carboxylic acid groups (broad SMARTS) is 1. The zero-order valence-corrected chi connectivity index (χ0v) is 13.9. The molecule has 3 rings (SSSR count). The standard InChI is InChI=1S/C18H17N5O2/c1-18(2,9-13(24)25)8-7-11-3-5-12(6-4-11)16-22-14-15(19)20-10-21-17(14)23-16/h3-6,10H,9H2,1-2H3,(H,24,25)(H3,19,20,21,22,23). The first-order valence-electron chi connectivity index (χ1n) is 7.66. The molecule has 7 nitrogen and oxygen atoms in total. The second kappa shape index (κ2) is 6.24. The van der Waals surface area contributed by atoms with Gasteiger partial charge in [0, 0.05) is 16.5 Å². The first-order chi connectivity index (χ1) is 11.8. The summed E-state index contributed by atoms with van der Waals surface area (Å²) < 4.78 is 0. The van der Waals surface area contributed by atoms with Crippen LogP contribution in [0.1, 0.15) is 25.8 Å². The quantitative estimate of drug-likeness (QED) is 0.633.